The molecule has 1 aromatic rings. The maximum atomic E-state index is 3.76. The van der Waals surface area contributed by atoms with E-state index in [0.717, 1.165) is 6.54 Å². The van der Waals surface area contributed by atoms with Crippen molar-refractivity contribution in [2.45, 2.75) is 45.2 Å². The standard InChI is InChI=1S/C18H29N3/c1-3-9-21-11-7-17(8-12-21)19-14-15-4-5-18-16(13-15)6-10-20(18)2/h4-5,13,17,19H,3,6-12,14H2,1-2H3. The highest BCUT2D eigenvalue weighted by molar-refractivity contribution is 5.58. The predicted molar refractivity (Wildman–Crippen MR) is 90.0 cm³/mol. The number of anilines is 1. The number of fused-ring (bicyclic) bond motifs is 1. The number of rotatable bonds is 5. The van der Waals surface area contributed by atoms with Gasteiger partial charge in [-0.05, 0) is 62.5 Å². The van der Waals surface area contributed by atoms with E-state index in [-0.39, 0.29) is 0 Å². The van der Waals surface area contributed by atoms with Crippen LogP contribution in [0.15, 0.2) is 18.2 Å². The Morgan fingerprint density at radius 2 is 2.00 bits per heavy atom. The minimum atomic E-state index is 0.703. The normalized spacial score (nSPS) is 20.0. The Bertz CT molecular complexity index is 464. The van der Waals surface area contributed by atoms with Crippen LogP contribution in [0.1, 0.15) is 37.3 Å². The Hall–Kier alpha value is -1.06. The summed E-state index contributed by atoms with van der Waals surface area (Å²) < 4.78 is 0. The number of hydrogen-bond acceptors (Lipinski definition) is 3. The number of nitrogens with zero attached hydrogens (tertiary/aromatic N) is 2. The minimum absolute atomic E-state index is 0.703. The number of benzene rings is 1. The summed E-state index contributed by atoms with van der Waals surface area (Å²) in [6.45, 7) is 8.26. The molecule has 0 bridgehead atoms. The molecule has 116 valence electrons. The monoisotopic (exact) mass is 287 g/mol. The van der Waals surface area contributed by atoms with Crippen LogP contribution in [0, 0.1) is 0 Å². The van der Waals surface area contributed by atoms with Crippen molar-refractivity contribution < 1.29 is 0 Å². The first-order valence-electron chi connectivity index (χ1n) is 8.55. The lowest BCUT2D eigenvalue weighted by molar-refractivity contribution is 0.197. The third-order valence-electron chi connectivity index (χ3n) is 4.99. The molecule has 1 aromatic carbocycles. The Morgan fingerprint density at radius 1 is 1.19 bits per heavy atom. The van der Waals surface area contributed by atoms with Crippen LogP contribution in [0.4, 0.5) is 5.69 Å². The predicted octanol–water partition coefficient (Wildman–Crippen LogP) is 2.64. The van der Waals surface area contributed by atoms with Crippen molar-refractivity contribution in [1.82, 2.24) is 10.2 Å². The molecule has 1 fully saturated rings. The summed E-state index contributed by atoms with van der Waals surface area (Å²) >= 11 is 0. The fourth-order valence-corrected chi connectivity index (χ4v) is 3.67. The Labute approximate surface area is 129 Å². The van der Waals surface area contributed by atoms with Gasteiger partial charge in [0.15, 0.2) is 0 Å². The highest BCUT2D eigenvalue weighted by Crippen LogP contribution is 2.27. The summed E-state index contributed by atoms with van der Waals surface area (Å²) in [4.78, 5) is 4.96. The van der Waals surface area contributed by atoms with Gasteiger partial charge < -0.3 is 15.1 Å². The van der Waals surface area contributed by atoms with Gasteiger partial charge in [-0.3, -0.25) is 0 Å². The highest BCUT2D eigenvalue weighted by Gasteiger charge is 2.19. The lowest BCUT2D eigenvalue weighted by Gasteiger charge is -2.32. The quantitative estimate of drug-likeness (QED) is 0.898. The van der Waals surface area contributed by atoms with Crippen LogP contribution in [0.5, 0.6) is 0 Å². The summed E-state index contributed by atoms with van der Waals surface area (Å²) in [5.74, 6) is 0. The van der Waals surface area contributed by atoms with Gasteiger partial charge in [-0.25, -0.2) is 0 Å². The maximum absolute atomic E-state index is 3.76. The van der Waals surface area contributed by atoms with E-state index in [1.807, 2.05) is 0 Å². The van der Waals surface area contributed by atoms with E-state index in [1.54, 1.807) is 0 Å². The zero-order valence-electron chi connectivity index (χ0n) is 13.6. The van der Waals surface area contributed by atoms with E-state index in [4.69, 9.17) is 0 Å². The van der Waals surface area contributed by atoms with Crippen molar-refractivity contribution in [1.29, 1.82) is 0 Å². The van der Waals surface area contributed by atoms with Crippen molar-refractivity contribution in [3.63, 3.8) is 0 Å². The van der Waals surface area contributed by atoms with Gasteiger partial charge in [0.25, 0.3) is 0 Å². The molecule has 0 radical (unpaired) electrons. The van der Waals surface area contributed by atoms with Crippen LogP contribution >= 0.6 is 0 Å². The molecule has 3 nitrogen and oxygen atoms in total. The van der Waals surface area contributed by atoms with Crippen molar-refractivity contribution in [3.8, 4) is 0 Å². The topological polar surface area (TPSA) is 18.5 Å². The molecule has 2 aliphatic heterocycles. The smallest absolute Gasteiger partial charge is 0.0397 e. The Morgan fingerprint density at radius 3 is 2.76 bits per heavy atom. The molecule has 0 spiro atoms. The lowest BCUT2D eigenvalue weighted by atomic mass is 10.0. The van der Waals surface area contributed by atoms with Crippen LogP contribution in [-0.4, -0.2) is 44.2 Å². The first-order valence-corrected chi connectivity index (χ1v) is 8.55. The molecule has 21 heavy (non-hydrogen) atoms. The van der Waals surface area contributed by atoms with E-state index in [9.17, 15) is 0 Å². The largest absolute Gasteiger partial charge is 0.374 e. The van der Waals surface area contributed by atoms with Gasteiger partial charge in [0, 0.05) is 31.9 Å². The van der Waals surface area contributed by atoms with Crippen molar-refractivity contribution in [2.24, 2.45) is 0 Å². The van der Waals surface area contributed by atoms with E-state index in [2.05, 4.69) is 47.3 Å². The number of hydrogen-bond donors (Lipinski definition) is 1. The second-order valence-electron chi connectivity index (χ2n) is 6.63. The van der Waals surface area contributed by atoms with Crippen LogP contribution in [0.3, 0.4) is 0 Å². The summed E-state index contributed by atoms with van der Waals surface area (Å²) in [5, 5.41) is 3.76. The molecular formula is C18H29N3. The summed E-state index contributed by atoms with van der Waals surface area (Å²) in [6.07, 6.45) is 5.08. The van der Waals surface area contributed by atoms with Crippen molar-refractivity contribution >= 4 is 5.69 Å². The number of likely N-dealkylation sites (N-methyl/N-ethyl adjacent to an activating group) is 1. The molecule has 1 saturated heterocycles. The summed E-state index contributed by atoms with van der Waals surface area (Å²) in [6, 6.07) is 7.69. The zero-order chi connectivity index (χ0) is 14.7. The zero-order valence-corrected chi connectivity index (χ0v) is 13.6. The molecule has 0 aliphatic carbocycles. The van der Waals surface area contributed by atoms with Crippen LogP contribution in [-0.2, 0) is 13.0 Å². The van der Waals surface area contributed by atoms with Crippen molar-refractivity contribution in [2.75, 3.05) is 38.1 Å². The third-order valence-corrected chi connectivity index (χ3v) is 4.99. The lowest BCUT2D eigenvalue weighted by Crippen LogP contribution is -2.42. The third kappa shape index (κ3) is 3.58. The molecule has 0 unspecified atom stereocenters. The average molecular weight is 287 g/mol. The summed E-state index contributed by atoms with van der Waals surface area (Å²) in [5.41, 5.74) is 4.39. The first-order chi connectivity index (χ1) is 10.3. The maximum Gasteiger partial charge on any atom is 0.0397 e. The molecule has 0 aromatic heterocycles. The second-order valence-corrected chi connectivity index (χ2v) is 6.63. The molecule has 3 heteroatoms. The van der Waals surface area contributed by atoms with Crippen LogP contribution < -0.4 is 10.2 Å². The van der Waals surface area contributed by atoms with E-state index in [0.29, 0.717) is 6.04 Å². The van der Waals surface area contributed by atoms with E-state index >= 15 is 0 Å². The second kappa shape index (κ2) is 6.80. The van der Waals surface area contributed by atoms with Crippen LogP contribution in [0.2, 0.25) is 0 Å². The van der Waals surface area contributed by atoms with E-state index < -0.39 is 0 Å². The number of likely N-dealkylation sites (tertiary alicyclic amines) is 1. The molecule has 1 N–H and O–H groups in total. The molecule has 3 rings (SSSR count). The SMILES string of the molecule is CCCN1CCC(NCc2ccc3c(c2)CCN3C)CC1. The molecule has 0 amide bonds. The Balaban J connectivity index is 1.48. The first kappa shape index (κ1) is 14.9. The van der Waals surface area contributed by atoms with Gasteiger partial charge in [-0.15, -0.1) is 0 Å². The van der Waals surface area contributed by atoms with Gasteiger partial charge in [0.2, 0.25) is 0 Å². The van der Waals surface area contributed by atoms with Gasteiger partial charge in [-0.1, -0.05) is 19.1 Å². The fourth-order valence-electron chi connectivity index (χ4n) is 3.67. The fraction of sp³-hybridized carbons (Fsp3) is 0.667. The minimum Gasteiger partial charge on any atom is -0.374 e. The van der Waals surface area contributed by atoms with Gasteiger partial charge in [0.05, 0.1) is 0 Å². The molecule has 0 saturated carbocycles. The Kier molecular flexibility index (Phi) is 4.81. The molecular weight excluding hydrogens is 258 g/mol. The van der Waals surface area contributed by atoms with Gasteiger partial charge in [-0.2, -0.15) is 0 Å². The van der Waals surface area contributed by atoms with E-state index in [1.165, 1.54) is 68.7 Å². The summed E-state index contributed by atoms with van der Waals surface area (Å²) in [7, 11) is 2.19. The van der Waals surface area contributed by atoms with Gasteiger partial charge >= 0.3 is 0 Å². The average Bonchev–Trinajstić information content (AvgIpc) is 2.88. The molecule has 2 heterocycles. The number of piperidine rings is 1. The highest BCUT2D eigenvalue weighted by atomic mass is 15.1. The number of nitrogens with one attached hydrogen (secondary N) is 1. The van der Waals surface area contributed by atoms with Crippen LogP contribution in [0.25, 0.3) is 0 Å². The van der Waals surface area contributed by atoms with Gasteiger partial charge in [0.1, 0.15) is 0 Å². The van der Waals surface area contributed by atoms with Crippen molar-refractivity contribution in [3.05, 3.63) is 29.3 Å². The molecule has 0 atom stereocenters. The molecule has 2 aliphatic rings.